The van der Waals surface area contributed by atoms with Crippen molar-refractivity contribution in [3.8, 4) is 0 Å². The van der Waals surface area contributed by atoms with Crippen LogP contribution >= 0.6 is 0 Å². The lowest BCUT2D eigenvalue weighted by atomic mass is 10.0. The molecule has 0 aliphatic carbocycles. The highest BCUT2D eigenvalue weighted by molar-refractivity contribution is 5.93. The molecule has 11 heteroatoms. The summed E-state index contributed by atoms with van der Waals surface area (Å²) in [6.45, 7) is 3.68. The highest BCUT2D eigenvalue weighted by atomic mass is 16.4. The van der Waals surface area contributed by atoms with Crippen LogP contribution in [0.25, 0.3) is 0 Å². The van der Waals surface area contributed by atoms with E-state index >= 15 is 0 Å². The molecule has 148 valence electrons. The van der Waals surface area contributed by atoms with Crippen molar-refractivity contribution in [2.75, 3.05) is 0 Å². The van der Waals surface area contributed by atoms with Gasteiger partial charge in [0, 0.05) is 6.42 Å². The van der Waals surface area contributed by atoms with Gasteiger partial charge < -0.3 is 31.7 Å². The second-order valence-corrected chi connectivity index (χ2v) is 6.23. The molecule has 0 radical (unpaired) electrons. The lowest BCUT2D eigenvalue weighted by Gasteiger charge is -2.22. The largest absolute Gasteiger partial charge is 0.481 e. The number of carbonyl (C=O) groups is 5. The van der Waals surface area contributed by atoms with Gasteiger partial charge in [0.1, 0.15) is 12.1 Å². The predicted octanol–water partition coefficient (Wildman–Crippen LogP) is -1.25. The van der Waals surface area contributed by atoms with Crippen LogP contribution in [-0.4, -0.2) is 63.2 Å². The molecule has 0 aromatic carbocycles. The van der Waals surface area contributed by atoms with Crippen molar-refractivity contribution in [1.29, 1.82) is 0 Å². The molecule has 0 heterocycles. The third-order valence-corrected chi connectivity index (χ3v) is 3.34. The molecule has 0 saturated carbocycles. The van der Waals surface area contributed by atoms with Gasteiger partial charge in [-0.2, -0.15) is 0 Å². The summed E-state index contributed by atoms with van der Waals surface area (Å²) in [5.74, 6) is -5.81. The summed E-state index contributed by atoms with van der Waals surface area (Å²) in [5.41, 5.74) is 5.71. The van der Waals surface area contributed by atoms with Crippen molar-refractivity contribution in [2.45, 2.75) is 57.7 Å². The molecule has 0 spiro atoms. The minimum Gasteiger partial charge on any atom is -0.481 e. The number of nitrogens with one attached hydrogen (secondary N) is 2. The van der Waals surface area contributed by atoms with E-state index in [1.807, 2.05) is 19.2 Å². The van der Waals surface area contributed by atoms with E-state index in [0.717, 1.165) is 0 Å². The van der Waals surface area contributed by atoms with E-state index in [9.17, 15) is 24.0 Å². The normalized spacial score (nSPS) is 14.2. The van der Waals surface area contributed by atoms with Crippen LogP contribution in [0.5, 0.6) is 0 Å². The topological polar surface area (TPSA) is 196 Å². The lowest BCUT2D eigenvalue weighted by molar-refractivity contribution is -0.147. The van der Waals surface area contributed by atoms with Crippen LogP contribution < -0.4 is 16.4 Å². The smallest absolute Gasteiger partial charge is 0.326 e. The number of aliphatic carboxylic acids is 3. The zero-order chi connectivity index (χ0) is 20.4. The third-order valence-electron chi connectivity index (χ3n) is 3.34. The molecule has 26 heavy (non-hydrogen) atoms. The zero-order valence-corrected chi connectivity index (χ0v) is 14.6. The van der Waals surface area contributed by atoms with Gasteiger partial charge in [0.05, 0.1) is 12.5 Å². The number of hydrogen-bond donors (Lipinski definition) is 6. The zero-order valence-electron chi connectivity index (χ0n) is 14.6. The summed E-state index contributed by atoms with van der Waals surface area (Å²) in [5, 5.41) is 30.7. The molecule has 0 fully saturated rings. The average Bonchev–Trinajstić information content (AvgIpc) is 2.48. The van der Waals surface area contributed by atoms with E-state index in [1.165, 1.54) is 0 Å². The van der Waals surface area contributed by atoms with Crippen LogP contribution in [0.1, 0.15) is 39.5 Å². The van der Waals surface area contributed by atoms with Crippen LogP contribution in [0.2, 0.25) is 0 Å². The maximum atomic E-state index is 12.2. The summed E-state index contributed by atoms with van der Waals surface area (Å²) in [6, 6.07) is -3.99. The summed E-state index contributed by atoms with van der Waals surface area (Å²) < 4.78 is 0. The van der Waals surface area contributed by atoms with Crippen LogP contribution in [0.15, 0.2) is 0 Å². The second kappa shape index (κ2) is 11.0. The standard InChI is InChI=1S/C15H25N3O8/c1-7(2)5-8(16)13(23)17-9(3-4-11(19)20)14(24)18-10(15(25)26)6-12(21)22/h7-10H,3-6,16H2,1-2H3,(H,17,23)(H,18,24)(H,19,20)(H,21,22)(H,25,26)/t8-,9-,10-/m0/s1. The average molecular weight is 375 g/mol. The van der Waals surface area contributed by atoms with E-state index in [4.69, 9.17) is 21.1 Å². The van der Waals surface area contributed by atoms with Crippen LogP contribution in [-0.2, 0) is 24.0 Å². The van der Waals surface area contributed by atoms with Crippen molar-refractivity contribution >= 4 is 29.7 Å². The molecular formula is C15H25N3O8. The predicted molar refractivity (Wildman–Crippen MR) is 88.1 cm³/mol. The quantitative estimate of drug-likeness (QED) is 0.241. The molecule has 0 aromatic heterocycles. The monoisotopic (exact) mass is 375 g/mol. The van der Waals surface area contributed by atoms with Gasteiger partial charge in [-0.05, 0) is 18.8 Å². The van der Waals surface area contributed by atoms with Gasteiger partial charge in [0.2, 0.25) is 11.8 Å². The number of carboxylic acid groups (broad SMARTS) is 3. The van der Waals surface area contributed by atoms with Crippen molar-refractivity contribution < 1.29 is 39.3 Å². The molecule has 0 aromatic rings. The van der Waals surface area contributed by atoms with Crippen LogP contribution in [0.3, 0.4) is 0 Å². The first-order valence-electron chi connectivity index (χ1n) is 7.96. The molecule has 0 aliphatic heterocycles. The van der Waals surface area contributed by atoms with Gasteiger partial charge in [-0.15, -0.1) is 0 Å². The fourth-order valence-electron chi connectivity index (χ4n) is 2.08. The van der Waals surface area contributed by atoms with Gasteiger partial charge >= 0.3 is 17.9 Å². The van der Waals surface area contributed by atoms with E-state index in [0.29, 0.717) is 6.42 Å². The molecular weight excluding hydrogens is 350 g/mol. The Morgan fingerprint density at radius 2 is 1.42 bits per heavy atom. The number of hydrogen-bond acceptors (Lipinski definition) is 6. The Hall–Kier alpha value is -2.69. The first-order valence-corrected chi connectivity index (χ1v) is 7.96. The molecule has 11 nitrogen and oxygen atoms in total. The van der Waals surface area contributed by atoms with Gasteiger partial charge in [-0.1, -0.05) is 13.8 Å². The highest BCUT2D eigenvalue weighted by Gasteiger charge is 2.29. The first-order chi connectivity index (χ1) is 11.9. The Morgan fingerprint density at radius 3 is 1.85 bits per heavy atom. The lowest BCUT2D eigenvalue weighted by Crippen LogP contribution is -2.55. The molecule has 2 amide bonds. The number of carboxylic acids is 3. The van der Waals surface area contributed by atoms with Gasteiger partial charge in [0.25, 0.3) is 0 Å². The van der Waals surface area contributed by atoms with Crippen molar-refractivity contribution in [2.24, 2.45) is 11.7 Å². The molecule has 0 aliphatic rings. The molecule has 3 atom stereocenters. The number of nitrogens with two attached hydrogens (primary N) is 1. The van der Waals surface area contributed by atoms with E-state index in [-0.39, 0.29) is 12.3 Å². The van der Waals surface area contributed by atoms with Gasteiger partial charge in [-0.3, -0.25) is 19.2 Å². The fourth-order valence-corrected chi connectivity index (χ4v) is 2.08. The van der Waals surface area contributed by atoms with Crippen LogP contribution in [0, 0.1) is 5.92 Å². The summed E-state index contributed by atoms with van der Waals surface area (Å²) in [6.07, 6.45) is -1.31. The Morgan fingerprint density at radius 1 is 0.885 bits per heavy atom. The maximum Gasteiger partial charge on any atom is 0.326 e. The van der Waals surface area contributed by atoms with E-state index in [2.05, 4.69) is 5.32 Å². The molecule has 0 saturated heterocycles. The Balaban J connectivity index is 5.11. The molecule has 0 unspecified atom stereocenters. The van der Waals surface area contributed by atoms with Crippen LogP contribution in [0.4, 0.5) is 0 Å². The summed E-state index contributed by atoms with van der Waals surface area (Å²) >= 11 is 0. The highest BCUT2D eigenvalue weighted by Crippen LogP contribution is 2.05. The summed E-state index contributed by atoms with van der Waals surface area (Å²) in [4.78, 5) is 56.7. The Kier molecular flexibility index (Phi) is 9.89. The van der Waals surface area contributed by atoms with Crippen molar-refractivity contribution in [3.63, 3.8) is 0 Å². The first kappa shape index (κ1) is 23.3. The number of carbonyl (C=O) groups excluding carboxylic acids is 2. The minimum atomic E-state index is -1.71. The maximum absolute atomic E-state index is 12.2. The molecule has 0 bridgehead atoms. The minimum absolute atomic E-state index is 0.106. The van der Waals surface area contributed by atoms with Crippen molar-refractivity contribution in [3.05, 3.63) is 0 Å². The van der Waals surface area contributed by atoms with Gasteiger partial charge in [-0.25, -0.2) is 4.79 Å². The second-order valence-electron chi connectivity index (χ2n) is 6.23. The third kappa shape index (κ3) is 9.57. The van der Waals surface area contributed by atoms with E-state index < -0.39 is 60.7 Å². The SMILES string of the molecule is CC(C)C[C@H](N)C(=O)N[C@@H](CCC(=O)O)C(=O)N[C@@H](CC(=O)O)C(=O)O. The Bertz CT molecular complexity index is 549. The fraction of sp³-hybridized carbons (Fsp3) is 0.667. The number of rotatable bonds is 12. The summed E-state index contributed by atoms with van der Waals surface area (Å²) in [7, 11) is 0. The molecule has 7 N–H and O–H groups in total. The van der Waals surface area contributed by atoms with Gasteiger partial charge in [0.15, 0.2) is 0 Å². The van der Waals surface area contributed by atoms with Crippen molar-refractivity contribution in [1.82, 2.24) is 10.6 Å². The molecule has 0 rings (SSSR count). The van der Waals surface area contributed by atoms with E-state index in [1.54, 1.807) is 0 Å². The Labute approximate surface area is 149 Å². The number of amides is 2.